The highest BCUT2D eigenvalue weighted by molar-refractivity contribution is 4.84. The van der Waals surface area contributed by atoms with Crippen LogP contribution in [0.15, 0.2) is 0 Å². The van der Waals surface area contributed by atoms with Gasteiger partial charge in [0.1, 0.15) is 0 Å². The van der Waals surface area contributed by atoms with Crippen LogP contribution in [0, 0.1) is 0 Å². The van der Waals surface area contributed by atoms with Crippen LogP contribution in [0.2, 0.25) is 0 Å². The van der Waals surface area contributed by atoms with Crippen molar-refractivity contribution in [3.05, 3.63) is 0 Å². The summed E-state index contributed by atoms with van der Waals surface area (Å²) in [6.07, 6.45) is -9.56. The van der Waals surface area contributed by atoms with Crippen LogP contribution in [0.1, 0.15) is 27.7 Å². The number of ether oxygens (including phenoxy) is 1. The first kappa shape index (κ1) is 14.5. The molecule has 15 heavy (non-hydrogen) atoms. The predicted molar refractivity (Wildman–Crippen MR) is 41.4 cm³/mol. The summed E-state index contributed by atoms with van der Waals surface area (Å²) < 4.78 is 79.3. The van der Waals surface area contributed by atoms with E-state index in [-0.39, 0.29) is 0 Å². The Hall–Kier alpha value is -0.460. The number of hydrogen-bond acceptors (Lipinski definition) is 1. The molecule has 0 N–H and O–H groups in total. The van der Waals surface area contributed by atoms with Crippen molar-refractivity contribution >= 4 is 0 Å². The summed E-state index contributed by atoms with van der Waals surface area (Å²) in [5.41, 5.74) is -6.66. The summed E-state index contributed by atoms with van der Waals surface area (Å²) in [6.45, 7) is 1.42. The second-order valence-electron chi connectivity index (χ2n) is 4.08. The zero-order chi connectivity index (χ0) is 12.7. The molecule has 0 rings (SSSR count). The van der Waals surface area contributed by atoms with E-state index in [1.807, 2.05) is 0 Å². The van der Waals surface area contributed by atoms with Gasteiger partial charge in [0.05, 0.1) is 0 Å². The van der Waals surface area contributed by atoms with E-state index in [0.717, 1.165) is 0 Å². The molecule has 0 aliphatic rings. The molecule has 0 saturated heterocycles. The van der Waals surface area contributed by atoms with Crippen LogP contribution in [0.5, 0.6) is 0 Å². The predicted octanol–water partition coefficient (Wildman–Crippen LogP) is 3.68. The van der Waals surface area contributed by atoms with Crippen LogP contribution in [-0.2, 0) is 4.74 Å². The highest BCUT2D eigenvalue weighted by Crippen LogP contribution is 2.42. The van der Waals surface area contributed by atoms with E-state index in [9.17, 15) is 26.3 Å². The van der Waals surface area contributed by atoms with Crippen LogP contribution in [-0.4, -0.2) is 23.6 Å². The summed E-state index contributed by atoms with van der Waals surface area (Å²) in [5, 5.41) is 0. The fraction of sp³-hybridized carbons (Fsp3) is 1.00. The lowest BCUT2D eigenvalue weighted by Crippen LogP contribution is -2.52. The molecule has 0 aromatic rings. The van der Waals surface area contributed by atoms with E-state index < -0.39 is 23.6 Å². The van der Waals surface area contributed by atoms with Crippen molar-refractivity contribution in [1.29, 1.82) is 0 Å². The van der Waals surface area contributed by atoms with Crippen molar-refractivity contribution in [2.45, 2.75) is 51.2 Å². The average Bonchev–Trinajstić information content (AvgIpc) is 1.77. The minimum Gasteiger partial charge on any atom is -0.250 e. The van der Waals surface area contributed by atoms with E-state index in [1.165, 1.54) is 0 Å². The van der Waals surface area contributed by atoms with Gasteiger partial charge in [0.2, 0.25) is 0 Å². The summed E-state index contributed by atoms with van der Waals surface area (Å²) in [4.78, 5) is 0. The Morgan fingerprint density at radius 3 is 0.933 bits per heavy atom. The van der Waals surface area contributed by atoms with Crippen LogP contribution in [0.3, 0.4) is 0 Å². The second kappa shape index (κ2) is 3.54. The SMILES string of the molecule is CC(C)(F)C(F)(F)OC(F)(F)C(C)(C)F. The minimum atomic E-state index is -4.78. The van der Waals surface area contributed by atoms with Crippen molar-refractivity contribution in [3.63, 3.8) is 0 Å². The quantitative estimate of drug-likeness (QED) is 0.679. The Bertz CT molecular complexity index is 200. The van der Waals surface area contributed by atoms with Crippen LogP contribution in [0.4, 0.5) is 26.3 Å². The molecule has 0 heterocycles. The number of rotatable bonds is 4. The Labute approximate surface area is 83.4 Å². The maximum Gasteiger partial charge on any atom is 0.393 e. The molecule has 0 bridgehead atoms. The van der Waals surface area contributed by atoms with Gasteiger partial charge in [-0.2, -0.15) is 17.6 Å². The highest BCUT2D eigenvalue weighted by Gasteiger charge is 2.60. The third-order valence-electron chi connectivity index (χ3n) is 1.64. The van der Waals surface area contributed by atoms with Crippen LogP contribution < -0.4 is 0 Å². The molecule has 0 spiro atoms. The molecule has 0 aliphatic heterocycles. The van der Waals surface area contributed by atoms with E-state index in [0.29, 0.717) is 27.7 Å². The van der Waals surface area contributed by atoms with Gasteiger partial charge in [-0.15, -0.1) is 0 Å². The van der Waals surface area contributed by atoms with E-state index >= 15 is 0 Å². The fourth-order valence-corrected chi connectivity index (χ4v) is 0.404. The van der Waals surface area contributed by atoms with Crippen molar-refractivity contribution in [2.24, 2.45) is 0 Å². The van der Waals surface area contributed by atoms with Crippen molar-refractivity contribution in [3.8, 4) is 0 Å². The lowest BCUT2D eigenvalue weighted by Gasteiger charge is -2.33. The van der Waals surface area contributed by atoms with Crippen molar-refractivity contribution in [2.75, 3.05) is 0 Å². The zero-order valence-corrected chi connectivity index (χ0v) is 8.68. The van der Waals surface area contributed by atoms with Gasteiger partial charge in [-0.05, 0) is 27.7 Å². The summed E-state index contributed by atoms with van der Waals surface area (Å²) in [5.74, 6) is 0. The Morgan fingerprint density at radius 1 is 0.600 bits per heavy atom. The van der Waals surface area contributed by atoms with Crippen LogP contribution >= 0.6 is 0 Å². The smallest absolute Gasteiger partial charge is 0.250 e. The molecular weight excluding hydrogens is 226 g/mol. The molecule has 0 fully saturated rings. The van der Waals surface area contributed by atoms with Crippen molar-refractivity contribution in [1.82, 2.24) is 0 Å². The topological polar surface area (TPSA) is 9.23 Å². The fourth-order valence-electron chi connectivity index (χ4n) is 0.404. The van der Waals surface area contributed by atoms with E-state index in [4.69, 9.17) is 0 Å². The van der Waals surface area contributed by atoms with Crippen molar-refractivity contribution < 1.29 is 31.1 Å². The Balaban J connectivity index is 4.89. The summed E-state index contributed by atoms with van der Waals surface area (Å²) in [7, 11) is 0. The van der Waals surface area contributed by atoms with Crippen LogP contribution in [0.25, 0.3) is 0 Å². The first-order valence-corrected chi connectivity index (χ1v) is 4.04. The Kier molecular flexibility index (Phi) is 3.43. The maximum atomic E-state index is 12.8. The molecular formula is C8H12F6O. The van der Waals surface area contributed by atoms with Gasteiger partial charge in [-0.1, -0.05) is 0 Å². The monoisotopic (exact) mass is 238 g/mol. The lowest BCUT2D eigenvalue weighted by molar-refractivity contribution is -0.430. The largest absolute Gasteiger partial charge is 0.393 e. The molecule has 0 radical (unpaired) electrons. The lowest BCUT2D eigenvalue weighted by atomic mass is 10.1. The van der Waals surface area contributed by atoms with Gasteiger partial charge < -0.3 is 0 Å². The molecule has 92 valence electrons. The van der Waals surface area contributed by atoms with E-state index in [1.54, 1.807) is 0 Å². The molecule has 0 aliphatic carbocycles. The van der Waals surface area contributed by atoms with Gasteiger partial charge in [0.25, 0.3) is 0 Å². The molecule has 7 heteroatoms. The zero-order valence-electron chi connectivity index (χ0n) is 8.68. The highest BCUT2D eigenvalue weighted by atomic mass is 19.3. The summed E-state index contributed by atoms with van der Waals surface area (Å²) in [6, 6.07) is 0. The van der Waals surface area contributed by atoms with Gasteiger partial charge in [-0.25, -0.2) is 8.78 Å². The molecule has 0 unspecified atom stereocenters. The third kappa shape index (κ3) is 3.25. The average molecular weight is 238 g/mol. The molecule has 0 aromatic heterocycles. The van der Waals surface area contributed by atoms with Gasteiger partial charge in [-0.3, -0.25) is 4.74 Å². The number of hydrogen-bond donors (Lipinski definition) is 0. The molecule has 1 nitrogen and oxygen atoms in total. The number of halogens is 6. The molecule has 0 atom stereocenters. The third-order valence-corrected chi connectivity index (χ3v) is 1.64. The normalized spacial score (nSPS) is 15.6. The van der Waals surface area contributed by atoms with Gasteiger partial charge in [0, 0.05) is 0 Å². The maximum absolute atomic E-state index is 12.8. The second-order valence-corrected chi connectivity index (χ2v) is 4.08. The molecule has 0 amide bonds. The summed E-state index contributed by atoms with van der Waals surface area (Å²) >= 11 is 0. The van der Waals surface area contributed by atoms with E-state index in [2.05, 4.69) is 4.74 Å². The molecule has 0 saturated carbocycles. The standard InChI is InChI=1S/C8H12F6O/c1-5(2,9)7(11,12)15-8(13,14)6(3,4)10/h1-4H3. The first-order chi connectivity index (χ1) is 6.21. The Morgan fingerprint density at radius 2 is 0.800 bits per heavy atom. The van der Waals surface area contributed by atoms with Gasteiger partial charge in [0.15, 0.2) is 11.3 Å². The number of alkyl halides is 6. The van der Waals surface area contributed by atoms with Gasteiger partial charge >= 0.3 is 12.2 Å². The molecule has 0 aromatic carbocycles. The first-order valence-electron chi connectivity index (χ1n) is 4.04. The minimum absolute atomic E-state index is 0.355.